The highest BCUT2D eigenvalue weighted by molar-refractivity contribution is 5.95. The quantitative estimate of drug-likeness (QED) is 0.657. The fourth-order valence-corrected chi connectivity index (χ4v) is 3.38. The third-order valence-electron chi connectivity index (χ3n) is 4.90. The average Bonchev–Trinajstić information content (AvgIpc) is 2.73. The Morgan fingerprint density at radius 3 is 2.68 bits per heavy atom. The predicted molar refractivity (Wildman–Crippen MR) is 110 cm³/mol. The third-order valence-corrected chi connectivity index (χ3v) is 4.90. The first-order valence-electron chi connectivity index (χ1n) is 9.38. The van der Waals surface area contributed by atoms with Crippen molar-refractivity contribution in [2.75, 3.05) is 13.7 Å². The number of hydrogen-bond acceptors (Lipinski definition) is 4. The molecule has 6 nitrogen and oxygen atoms in total. The summed E-state index contributed by atoms with van der Waals surface area (Å²) in [4.78, 5) is 32.4. The van der Waals surface area contributed by atoms with E-state index in [2.05, 4.69) is 0 Å². The van der Waals surface area contributed by atoms with Crippen LogP contribution < -0.4 is 10.3 Å². The fourth-order valence-electron chi connectivity index (χ4n) is 3.38. The molecule has 6 heteroatoms. The highest BCUT2D eigenvalue weighted by atomic mass is 16.5. The van der Waals surface area contributed by atoms with E-state index in [-0.39, 0.29) is 17.5 Å². The van der Waals surface area contributed by atoms with E-state index in [0.717, 1.165) is 6.42 Å². The van der Waals surface area contributed by atoms with Crippen LogP contribution in [0.1, 0.15) is 42.5 Å². The zero-order valence-corrected chi connectivity index (χ0v) is 16.7. The minimum atomic E-state index is -0.360. The Bertz CT molecular complexity index is 1060. The maximum atomic E-state index is 13.2. The molecule has 1 heterocycles. The molecule has 0 radical (unpaired) electrons. The first-order valence-corrected chi connectivity index (χ1v) is 9.38. The number of nitrogens with zero attached hydrogens (tertiary/aromatic N) is 3. The topological polar surface area (TPSA) is 64.4 Å². The van der Waals surface area contributed by atoms with Gasteiger partial charge in [0.1, 0.15) is 11.6 Å². The zero-order valence-electron chi connectivity index (χ0n) is 16.7. The molecule has 1 atom stereocenters. The Morgan fingerprint density at radius 2 is 1.96 bits per heavy atom. The van der Waals surface area contributed by atoms with Crippen molar-refractivity contribution >= 4 is 16.8 Å². The largest absolute Gasteiger partial charge is 0.497 e. The molecule has 146 valence electrons. The first-order chi connectivity index (χ1) is 13.5. The Balaban J connectivity index is 2.05. The van der Waals surface area contributed by atoms with Crippen LogP contribution in [0.4, 0.5) is 0 Å². The van der Waals surface area contributed by atoms with Gasteiger partial charge < -0.3 is 9.64 Å². The fraction of sp³-hybridized carbons (Fsp3) is 0.318. The van der Waals surface area contributed by atoms with Gasteiger partial charge in [0.2, 0.25) is 0 Å². The summed E-state index contributed by atoms with van der Waals surface area (Å²) in [6.45, 7) is 4.48. The normalized spacial score (nSPS) is 12.0. The number of benzene rings is 2. The van der Waals surface area contributed by atoms with Gasteiger partial charge in [-0.25, -0.2) is 4.98 Å². The van der Waals surface area contributed by atoms with Crippen LogP contribution in [0.25, 0.3) is 10.9 Å². The number of ether oxygens (including phenoxy) is 1. The monoisotopic (exact) mass is 379 g/mol. The lowest BCUT2D eigenvalue weighted by Gasteiger charge is -2.30. The number of aromatic nitrogens is 2. The molecule has 28 heavy (non-hydrogen) atoms. The van der Waals surface area contributed by atoms with Gasteiger partial charge in [0.05, 0.1) is 24.1 Å². The molecule has 0 aliphatic heterocycles. The predicted octanol–water partition coefficient (Wildman–Crippen LogP) is 3.56. The summed E-state index contributed by atoms with van der Waals surface area (Å²) in [7, 11) is 3.28. The van der Waals surface area contributed by atoms with Crippen LogP contribution >= 0.6 is 0 Å². The van der Waals surface area contributed by atoms with Crippen LogP contribution in [0.2, 0.25) is 0 Å². The van der Waals surface area contributed by atoms with E-state index in [9.17, 15) is 9.59 Å². The van der Waals surface area contributed by atoms with Crippen molar-refractivity contribution in [3.63, 3.8) is 0 Å². The van der Waals surface area contributed by atoms with Gasteiger partial charge in [-0.3, -0.25) is 14.2 Å². The van der Waals surface area contributed by atoms with Crippen LogP contribution in [-0.4, -0.2) is 34.0 Å². The molecule has 1 amide bonds. The lowest BCUT2D eigenvalue weighted by molar-refractivity contribution is 0.0679. The lowest BCUT2D eigenvalue weighted by atomic mass is 10.1. The van der Waals surface area contributed by atoms with Crippen molar-refractivity contribution in [1.82, 2.24) is 14.5 Å². The Kier molecular flexibility index (Phi) is 5.78. The van der Waals surface area contributed by atoms with E-state index in [0.29, 0.717) is 34.6 Å². The van der Waals surface area contributed by atoms with Gasteiger partial charge in [-0.15, -0.1) is 0 Å². The molecule has 0 saturated carbocycles. The van der Waals surface area contributed by atoms with E-state index in [1.165, 1.54) is 4.57 Å². The molecule has 0 aliphatic carbocycles. The van der Waals surface area contributed by atoms with Crippen molar-refractivity contribution in [3.8, 4) is 5.75 Å². The second-order valence-corrected chi connectivity index (χ2v) is 6.76. The van der Waals surface area contributed by atoms with Gasteiger partial charge >= 0.3 is 0 Å². The number of rotatable bonds is 6. The zero-order chi connectivity index (χ0) is 20.3. The maximum absolute atomic E-state index is 13.2. The van der Waals surface area contributed by atoms with Crippen molar-refractivity contribution < 1.29 is 9.53 Å². The average molecular weight is 379 g/mol. The summed E-state index contributed by atoms with van der Waals surface area (Å²) >= 11 is 0. The second-order valence-electron chi connectivity index (χ2n) is 6.76. The lowest BCUT2D eigenvalue weighted by Crippen LogP contribution is -2.37. The van der Waals surface area contributed by atoms with E-state index in [4.69, 9.17) is 9.72 Å². The standard InChI is InChI=1S/C22H25N3O3/c1-5-13-25(21(26)16-9-8-10-17(14-16)28-4)15(2)20-23-19-12-7-6-11-18(19)22(27)24(20)3/h6-12,14-15H,5,13H2,1-4H3. The smallest absolute Gasteiger partial charge is 0.261 e. The molecule has 0 bridgehead atoms. The summed E-state index contributed by atoms with van der Waals surface area (Å²) in [6.07, 6.45) is 0.793. The molecular weight excluding hydrogens is 354 g/mol. The van der Waals surface area contributed by atoms with Crippen molar-refractivity contribution in [2.45, 2.75) is 26.3 Å². The second kappa shape index (κ2) is 8.25. The van der Waals surface area contributed by atoms with Gasteiger partial charge in [0.15, 0.2) is 0 Å². The molecule has 1 aromatic heterocycles. The van der Waals surface area contributed by atoms with Crippen LogP contribution in [0.5, 0.6) is 5.75 Å². The third kappa shape index (κ3) is 3.63. The van der Waals surface area contributed by atoms with E-state index in [1.54, 1.807) is 49.4 Å². The number of carbonyl (C=O) groups is 1. The number of amides is 1. The number of hydrogen-bond donors (Lipinski definition) is 0. The molecule has 0 spiro atoms. The highest BCUT2D eigenvalue weighted by Crippen LogP contribution is 2.23. The molecule has 0 N–H and O–H groups in total. The van der Waals surface area contributed by atoms with Crippen LogP contribution in [-0.2, 0) is 7.05 Å². The molecule has 2 aromatic carbocycles. The Morgan fingerprint density at radius 1 is 1.21 bits per heavy atom. The van der Waals surface area contributed by atoms with E-state index < -0.39 is 0 Å². The maximum Gasteiger partial charge on any atom is 0.261 e. The Labute approximate surface area is 164 Å². The SMILES string of the molecule is CCCN(C(=O)c1cccc(OC)c1)C(C)c1nc2ccccc2c(=O)n1C. The summed E-state index contributed by atoms with van der Waals surface area (Å²) in [5.74, 6) is 1.08. The van der Waals surface area contributed by atoms with Gasteiger partial charge in [0.25, 0.3) is 11.5 Å². The summed E-state index contributed by atoms with van der Waals surface area (Å²) in [6, 6.07) is 14.0. The van der Waals surface area contributed by atoms with Gasteiger partial charge in [-0.1, -0.05) is 25.1 Å². The molecule has 0 saturated heterocycles. The number of fused-ring (bicyclic) bond motifs is 1. The molecule has 3 aromatic rings. The van der Waals surface area contributed by atoms with E-state index >= 15 is 0 Å². The molecule has 0 aliphatic rings. The number of methoxy groups -OCH3 is 1. The molecular formula is C22H25N3O3. The molecule has 0 fully saturated rings. The van der Waals surface area contributed by atoms with Crippen LogP contribution in [0.3, 0.4) is 0 Å². The molecule has 1 unspecified atom stereocenters. The minimum Gasteiger partial charge on any atom is -0.497 e. The van der Waals surface area contributed by atoms with Crippen LogP contribution in [0, 0.1) is 0 Å². The summed E-state index contributed by atoms with van der Waals surface area (Å²) in [5.41, 5.74) is 1.07. The van der Waals surface area contributed by atoms with Gasteiger partial charge in [0, 0.05) is 19.2 Å². The van der Waals surface area contributed by atoms with Gasteiger partial charge in [-0.05, 0) is 43.7 Å². The first kappa shape index (κ1) is 19.6. The van der Waals surface area contributed by atoms with Crippen molar-refractivity contribution in [1.29, 1.82) is 0 Å². The minimum absolute atomic E-state index is 0.113. The van der Waals surface area contributed by atoms with Crippen molar-refractivity contribution in [3.05, 3.63) is 70.3 Å². The van der Waals surface area contributed by atoms with E-state index in [1.807, 2.05) is 32.0 Å². The highest BCUT2D eigenvalue weighted by Gasteiger charge is 2.26. The van der Waals surface area contributed by atoms with Crippen molar-refractivity contribution in [2.24, 2.45) is 7.05 Å². The van der Waals surface area contributed by atoms with Gasteiger partial charge in [-0.2, -0.15) is 0 Å². The Hall–Kier alpha value is -3.15. The molecule has 3 rings (SSSR count). The summed E-state index contributed by atoms with van der Waals surface area (Å²) in [5, 5.41) is 0.571. The summed E-state index contributed by atoms with van der Waals surface area (Å²) < 4.78 is 6.78. The number of carbonyl (C=O) groups excluding carboxylic acids is 1. The van der Waals surface area contributed by atoms with Crippen LogP contribution in [0.15, 0.2) is 53.3 Å². The number of para-hydroxylation sites is 1.